The van der Waals surface area contributed by atoms with Gasteiger partial charge in [0.2, 0.25) is 5.91 Å². The van der Waals surface area contributed by atoms with Crippen molar-refractivity contribution in [3.05, 3.63) is 52.7 Å². The van der Waals surface area contributed by atoms with Gasteiger partial charge in [0.05, 0.1) is 24.8 Å². The maximum Gasteiger partial charge on any atom is 0.239 e. The van der Waals surface area contributed by atoms with Gasteiger partial charge in [-0.15, -0.1) is 0 Å². The van der Waals surface area contributed by atoms with Crippen LogP contribution in [0.2, 0.25) is 0 Å². The molecule has 1 aromatic heterocycles. The largest absolute Gasteiger partial charge is 0.376 e. The lowest BCUT2D eigenvalue weighted by Gasteiger charge is -2.30. The van der Waals surface area contributed by atoms with Crippen molar-refractivity contribution >= 4 is 11.7 Å². The molecule has 0 saturated carbocycles. The van der Waals surface area contributed by atoms with Crippen molar-refractivity contribution < 1.29 is 9.53 Å². The molecule has 0 radical (unpaired) electrons. The topological polar surface area (TPSA) is 70.3 Å². The van der Waals surface area contributed by atoms with E-state index in [0.717, 1.165) is 29.9 Å². The molecule has 6 heteroatoms. The Morgan fingerprint density at radius 3 is 2.74 bits per heavy atom. The average Bonchev–Trinajstić information content (AvgIpc) is 2.86. The number of rotatable bonds is 5. The maximum atomic E-state index is 12.7. The number of ether oxygens (including phenoxy) is 1. The number of amides is 1. The summed E-state index contributed by atoms with van der Waals surface area (Å²) in [5.41, 5.74) is 3.55. The van der Waals surface area contributed by atoms with E-state index in [1.54, 1.807) is 0 Å². The average molecular weight is 366 g/mol. The van der Waals surface area contributed by atoms with E-state index in [0.29, 0.717) is 31.1 Å². The third-order valence-electron chi connectivity index (χ3n) is 5.07. The summed E-state index contributed by atoms with van der Waals surface area (Å²) in [6.45, 7) is 8.95. The summed E-state index contributed by atoms with van der Waals surface area (Å²) in [7, 11) is 0. The number of carbonyl (C=O) groups excluding carboxylic acids is 1. The minimum atomic E-state index is -0.104. The first-order valence-electron chi connectivity index (χ1n) is 9.27. The van der Waals surface area contributed by atoms with Crippen LogP contribution in [0.3, 0.4) is 0 Å². The van der Waals surface area contributed by atoms with Crippen LogP contribution in [-0.4, -0.2) is 47.7 Å². The summed E-state index contributed by atoms with van der Waals surface area (Å²) in [6, 6.07) is 12.3. The zero-order chi connectivity index (χ0) is 19.4. The fourth-order valence-corrected chi connectivity index (χ4v) is 3.50. The molecular formula is C21H26N4O2. The molecule has 3 rings (SSSR count). The van der Waals surface area contributed by atoms with Crippen molar-refractivity contribution in [2.24, 2.45) is 0 Å². The quantitative estimate of drug-likeness (QED) is 0.883. The standard InChI is InChI=1S/C21H26N4O2/c1-15-12-24(9-10-27-15)14-20(26)23-21-19(11-22)16(2)17(3)25(21)13-18-7-5-4-6-8-18/h4-8,15H,9-10,12-14H2,1-3H3,(H,23,26). The molecule has 1 amide bonds. The van der Waals surface area contributed by atoms with Gasteiger partial charge in [0.15, 0.2) is 0 Å². The van der Waals surface area contributed by atoms with E-state index in [1.165, 1.54) is 0 Å². The van der Waals surface area contributed by atoms with E-state index in [-0.39, 0.29) is 12.0 Å². The molecule has 1 fully saturated rings. The van der Waals surface area contributed by atoms with E-state index >= 15 is 0 Å². The lowest BCUT2D eigenvalue weighted by atomic mass is 10.2. The SMILES string of the molecule is Cc1c(C#N)c(NC(=O)CN2CCOC(C)C2)n(Cc2ccccc2)c1C. The van der Waals surface area contributed by atoms with E-state index in [4.69, 9.17) is 4.74 Å². The first-order chi connectivity index (χ1) is 13.0. The fraction of sp³-hybridized carbons (Fsp3) is 0.429. The molecular weight excluding hydrogens is 340 g/mol. The van der Waals surface area contributed by atoms with Crippen molar-refractivity contribution in [3.8, 4) is 6.07 Å². The van der Waals surface area contributed by atoms with Crippen LogP contribution in [0.4, 0.5) is 5.82 Å². The number of aromatic nitrogens is 1. The molecule has 6 nitrogen and oxygen atoms in total. The number of nitrogens with zero attached hydrogens (tertiary/aromatic N) is 3. The van der Waals surface area contributed by atoms with E-state index in [1.807, 2.05) is 55.7 Å². The first-order valence-corrected chi connectivity index (χ1v) is 9.27. The summed E-state index contributed by atoms with van der Waals surface area (Å²) in [5, 5.41) is 12.6. The monoisotopic (exact) mass is 366 g/mol. The van der Waals surface area contributed by atoms with Crippen LogP contribution in [0.5, 0.6) is 0 Å². The molecule has 1 atom stereocenters. The first kappa shape index (κ1) is 19.2. The molecule has 1 aliphatic rings. The highest BCUT2D eigenvalue weighted by atomic mass is 16.5. The third kappa shape index (κ3) is 4.38. The molecule has 27 heavy (non-hydrogen) atoms. The summed E-state index contributed by atoms with van der Waals surface area (Å²) in [5.74, 6) is 0.482. The van der Waals surface area contributed by atoms with Crippen LogP contribution in [-0.2, 0) is 16.1 Å². The van der Waals surface area contributed by atoms with E-state index in [2.05, 4.69) is 16.3 Å². The molecule has 2 aromatic rings. The van der Waals surface area contributed by atoms with Gasteiger partial charge in [-0.3, -0.25) is 9.69 Å². The molecule has 1 aliphatic heterocycles. The predicted octanol–water partition coefficient (Wildman–Crippen LogP) is 2.68. The molecule has 2 heterocycles. The second-order valence-electron chi connectivity index (χ2n) is 7.08. The van der Waals surface area contributed by atoms with Gasteiger partial charge in [0.25, 0.3) is 0 Å². The number of hydrogen-bond acceptors (Lipinski definition) is 4. The van der Waals surface area contributed by atoms with Crippen LogP contribution in [0, 0.1) is 25.2 Å². The van der Waals surface area contributed by atoms with Crippen molar-refractivity contribution in [3.63, 3.8) is 0 Å². The summed E-state index contributed by atoms with van der Waals surface area (Å²) in [6.07, 6.45) is 0.132. The highest BCUT2D eigenvalue weighted by molar-refractivity contribution is 5.93. The Labute approximate surface area is 160 Å². The van der Waals surface area contributed by atoms with Crippen molar-refractivity contribution in [1.29, 1.82) is 5.26 Å². The molecule has 1 aromatic carbocycles. The van der Waals surface area contributed by atoms with Crippen LogP contribution >= 0.6 is 0 Å². The van der Waals surface area contributed by atoms with Gasteiger partial charge < -0.3 is 14.6 Å². The maximum absolute atomic E-state index is 12.7. The Morgan fingerprint density at radius 1 is 1.33 bits per heavy atom. The molecule has 0 spiro atoms. The van der Waals surface area contributed by atoms with Gasteiger partial charge in [-0.05, 0) is 31.9 Å². The Balaban J connectivity index is 1.82. The Bertz CT molecular complexity index is 851. The smallest absolute Gasteiger partial charge is 0.239 e. The number of morpholine rings is 1. The van der Waals surface area contributed by atoms with Crippen molar-refractivity contribution in [1.82, 2.24) is 9.47 Å². The summed E-state index contributed by atoms with van der Waals surface area (Å²) < 4.78 is 7.55. The molecule has 1 N–H and O–H groups in total. The fourth-order valence-electron chi connectivity index (χ4n) is 3.50. The third-order valence-corrected chi connectivity index (χ3v) is 5.07. The minimum Gasteiger partial charge on any atom is -0.376 e. The molecule has 1 unspecified atom stereocenters. The van der Waals surface area contributed by atoms with Gasteiger partial charge in [-0.2, -0.15) is 5.26 Å². The van der Waals surface area contributed by atoms with Gasteiger partial charge in [-0.25, -0.2) is 0 Å². The number of nitriles is 1. The van der Waals surface area contributed by atoms with Crippen LogP contribution in [0.25, 0.3) is 0 Å². The summed E-state index contributed by atoms with van der Waals surface area (Å²) in [4.78, 5) is 14.7. The number of carbonyl (C=O) groups is 1. The lowest BCUT2D eigenvalue weighted by molar-refractivity contribution is -0.119. The molecule has 1 saturated heterocycles. The minimum absolute atomic E-state index is 0.104. The molecule has 142 valence electrons. The van der Waals surface area contributed by atoms with Crippen LogP contribution in [0.15, 0.2) is 30.3 Å². The number of hydrogen-bond donors (Lipinski definition) is 1. The highest BCUT2D eigenvalue weighted by Gasteiger charge is 2.22. The van der Waals surface area contributed by atoms with Crippen LogP contribution < -0.4 is 5.32 Å². The van der Waals surface area contributed by atoms with E-state index in [9.17, 15) is 10.1 Å². The normalized spacial score (nSPS) is 17.5. The second kappa shape index (κ2) is 8.38. The van der Waals surface area contributed by atoms with Gasteiger partial charge in [-0.1, -0.05) is 30.3 Å². The highest BCUT2D eigenvalue weighted by Crippen LogP contribution is 2.27. The Kier molecular flexibility index (Phi) is 5.94. The Morgan fingerprint density at radius 2 is 2.07 bits per heavy atom. The van der Waals surface area contributed by atoms with Crippen molar-refractivity contribution in [2.45, 2.75) is 33.4 Å². The number of anilines is 1. The van der Waals surface area contributed by atoms with E-state index < -0.39 is 0 Å². The zero-order valence-corrected chi connectivity index (χ0v) is 16.2. The lowest BCUT2D eigenvalue weighted by Crippen LogP contribution is -2.44. The Hall–Kier alpha value is -2.62. The number of nitrogens with one attached hydrogen (secondary N) is 1. The van der Waals surface area contributed by atoms with Gasteiger partial charge in [0, 0.05) is 25.3 Å². The second-order valence-corrected chi connectivity index (χ2v) is 7.08. The number of benzene rings is 1. The van der Waals surface area contributed by atoms with Crippen molar-refractivity contribution in [2.75, 3.05) is 31.6 Å². The summed E-state index contributed by atoms with van der Waals surface area (Å²) >= 11 is 0. The molecule has 0 aliphatic carbocycles. The zero-order valence-electron chi connectivity index (χ0n) is 16.2. The molecule has 0 bridgehead atoms. The van der Waals surface area contributed by atoms with Crippen LogP contribution in [0.1, 0.15) is 29.3 Å². The predicted molar refractivity (Wildman–Crippen MR) is 105 cm³/mol. The van der Waals surface area contributed by atoms with Gasteiger partial charge >= 0.3 is 0 Å². The van der Waals surface area contributed by atoms with Gasteiger partial charge in [0.1, 0.15) is 11.9 Å².